The average molecular weight is 447 g/mol. The standard InChI is InChI=1S/C24H34N2O4S/c1-17-14-26(15-18(2)30-17)23(27)19-9-11-25(12-10-19)24(28)21-7-3-4-8-22(21)31-16-20-6-5-13-29-20/h3-4,7-8,17-20H,5-6,9-16H2,1-2H3. The first-order valence-corrected chi connectivity index (χ1v) is 12.6. The van der Waals surface area contributed by atoms with Gasteiger partial charge in [-0.3, -0.25) is 9.59 Å². The van der Waals surface area contributed by atoms with Crippen LogP contribution in [0, 0.1) is 5.92 Å². The molecule has 0 spiro atoms. The van der Waals surface area contributed by atoms with E-state index in [4.69, 9.17) is 9.47 Å². The van der Waals surface area contributed by atoms with Gasteiger partial charge in [-0.05, 0) is 51.7 Å². The predicted molar refractivity (Wildman–Crippen MR) is 121 cm³/mol. The maximum atomic E-state index is 13.3. The Morgan fingerprint density at radius 3 is 2.42 bits per heavy atom. The molecule has 31 heavy (non-hydrogen) atoms. The fraction of sp³-hybridized carbons (Fsp3) is 0.667. The minimum Gasteiger partial charge on any atom is -0.377 e. The lowest BCUT2D eigenvalue weighted by atomic mass is 9.94. The normalized spacial score (nSPS) is 27.5. The fourth-order valence-electron chi connectivity index (χ4n) is 4.84. The molecular formula is C24H34N2O4S. The Morgan fingerprint density at radius 2 is 1.74 bits per heavy atom. The fourth-order valence-corrected chi connectivity index (χ4v) is 5.96. The van der Waals surface area contributed by atoms with Gasteiger partial charge >= 0.3 is 0 Å². The summed E-state index contributed by atoms with van der Waals surface area (Å²) < 4.78 is 11.5. The van der Waals surface area contributed by atoms with E-state index in [2.05, 4.69) is 0 Å². The molecule has 3 fully saturated rings. The van der Waals surface area contributed by atoms with Gasteiger partial charge in [-0.1, -0.05) is 12.1 Å². The van der Waals surface area contributed by atoms with Crippen LogP contribution in [0.2, 0.25) is 0 Å². The zero-order valence-corrected chi connectivity index (χ0v) is 19.4. The molecule has 170 valence electrons. The SMILES string of the molecule is CC1CN(C(=O)C2CCN(C(=O)c3ccccc3SCC3CCCO3)CC2)CC(C)O1. The first-order valence-electron chi connectivity index (χ1n) is 11.6. The second-order valence-electron chi connectivity index (χ2n) is 9.01. The zero-order valence-electron chi connectivity index (χ0n) is 18.6. The van der Waals surface area contributed by atoms with Gasteiger partial charge in [-0.25, -0.2) is 0 Å². The molecule has 2 amide bonds. The van der Waals surface area contributed by atoms with Gasteiger partial charge < -0.3 is 19.3 Å². The van der Waals surface area contributed by atoms with E-state index in [1.165, 1.54) is 0 Å². The van der Waals surface area contributed by atoms with Gasteiger partial charge in [-0.15, -0.1) is 11.8 Å². The summed E-state index contributed by atoms with van der Waals surface area (Å²) in [6.45, 7) is 7.48. The molecule has 0 aromatic heterocycles. The van der Waals surface area contributed by atoms with Crippen molar-refractivity contribution in [1.82, 2.24) is 9.80 Å². The van der Waals surface area contributed by atoms with Crippen LogP contribution in [-0.2, 0) is 14.3 Å². The highest BCUT2D eigenvalue weighted by molar-refractivity contribution is 7.99. The summed E-state index contributed by atoms with van der Waals surface area (Å²) in [5.41, 5.74) is 0.770. The van der Waals surface area contributed by atoms with E-state index in [9.17, 15) is 9.59 Å². The lowest BCUT2D eigenvalue weighted by molar-refractivity contribution is -0.148. The Balaban J connectivity index is 1.32. The summed E-state index contributed by atoms with van der Waals surface area (Å²) in [4.78, 5) is 31.2. The maximum absolute atomic E-state index is 13.3. The highest BCUT2D eigenvalue weighted by Crippen LogP contribution is 2.29. The van der Waals surface area contributed by atoms with Gasteiger partial charge in [0.25, 0.3) is 5.91 Å². The highest BCUT2D eigenvalue weighted by Gasteiger charge is 2.34. The van der Waals surface area contributed by atoms with Crippen molar-refractivity contribution in [3.05, 3.63) is 29.8 Å². The second-order valence-corrected chi connectivity index (χ2v) is 10.1. The predicted octanol–water partition coefficient (Wildman–Crippen LogP) is 3.45. The smallest absolute Gasteiger partial charge is 0.254 e. The van der Waals surface area contributed by atoms with Crippen LogP contribution in [0.5, 0.6) is 0 Å². The molecule has 3 unspecified atom stereocenters. The third-order valence-corrected chi connectivity index (χ3v) is 7.63. The van der Waals surface area contributed by atoms with Crippen LogP contribution in [0.25, 0.3) is 0 Å². The van der Waals surface area contributed by atoms with Crippen molar-refractivity contribution >= 4 is 23.6 Å². The molecule has 6 nitrogen and oxygen atoms in total. The Hall–Kier alpha value is -1.57. The van der Waals surface area contributed by atoms with Crippen LogP contribution in [0.1, 0.15) is 49.9 Å². The summed E-state index contributed by atoms with van der Waals surface area (Å²) in [6.07, 6.45) is 4.15. The largest absolute Gasteiger partial charge is 0.377 e. The Morgan fingerprint density at radius 1 is 1.03 bits per heavy atom. The van der Waals surface area contributed by atoms with Gasteiger partial charge in [0.1, 0.15) is 0 Å². The van der Waals surface area contributed by atoms with E-state index < -0.39 is 0 Å². The summed E-state index contributed by atoms with van der Waals surface area (Å²) in [7, 11) is 0. The number of rotatable bonds is 5. The van der Waals surface area contributed by atoms with Crippen LogP contribution in [0.4, 0.5) is 0 Å². The third kappa shape index (κ3) is 5.62. The van der Waals surface area contributed by atoms with E-state index in [1.54, 1.807) is 11.8 Å². The average Bonchev–Trinajstić information content (AvgIpc) is 3.30. The molecular weight excluding hydrogens is 412 g/mol. The number of piperidine rings is 1. The molecule has 0 radical (unpaired) electrons. The third-order valence-electron chi connectivity index (χ3n) is 6.43. The van der Waals surface area contributed by atoms with Crippen molar-refractivity contribution in [1.29, 1.82) is 0 Å². The number of nitrogens with zero attached hydrogens (tertiary/aromatic N) is 2. The number of carbonyl (C=O) groups excluding carboxylic acids is 2. The number of likely N-dealkylation sites (tertiary alicyclic amines) is 1. The molecule has 0 aliphatic carbocycles. The molecule has 1 aromatic carbocycles. The maximum Gasteiger partial charge on any atom is 0.254 e. The van der Waals surface area contributed by atoms with Crippen LogP contribution < -0.4 is 0 Å². The molecule has 3 atom stereocenters. The van der Waals surface area contributed by atoms with E-state index in [-0.39, 0.29) is 29.9 Å². The van der Waals surface area contributed by atoms with Crippen molar-refractivity contribution in [3.63, 3.8) is 0 Å². The molecule has 0 bridgehead atoms. The summed E-state index contributed by atoms with van der Waals surface area (Å²) in [5.74, 6) is 1.19. The summed E-state index contributed by atoms with van der Waals surface area (Å²) >= 11 is 1.72. The van der Waals surface area contributed by atoms with Gasteiger partial charge in [0.2, 0.25) is 5.91 Å². The number of hydrogen-bond donors (Lipinski definition) is 0. The minimum absolute atomic E-state index is 0.00526. The van der Waals surface area contributed by atoms with Crippen molar-refractivity contribution in [2.75, 3.05) is 38.5 Å². The molecule has 3 aliphatic rings. The van der Waals surface area contributed by atoms with Crippen LogP contribution >= 0.6 is 11.8 Å². The zero-order chi connectivity index (χ0) is 21.8. The molecule has 4 rings (SSSR count). The van der Waals surface area contributed by atoms with Gasteiger partial charge in [0, 0.05) is 49.4 Å². The number of hydrogen-bond acceptors (Lipinski definition) is 5. The van der Waals surface area contributed by atoms with Gasteiger partial charge in [0.05, 0.1) is 23.9 Å². The molecule has 3 heterocycles. The van der Waals surface area contributed by atoms with Crippen LogP contribution in [-0.4, -0.2) is 78.5 Å². The van der Waals surface area contributed by atoms with Gasteiger partial charge in [-0.2, -0.15) is 0 Å². The van der Waals surface area contributed by atoms with Crippen molar-refractivity contribution in [2.24, 2.45) is 5.92 Å². The van der Waals surface area contributed by atoms with E-state index >= 15 is 0 Å². The first kappa shape index (κ1) is 22.6. The number of amides is 2. The number of carbonyl (C=O) groups is 2. The lowest BCUT2D eigenvalue weighted by Gasteiger charge is -2.39. The monoisotopic (exact) mass is 446 g/mol. The molecule has 1 aromatic rings. The van der Waals surface area contributed by atoms with E-state index in [0.29, 0.717) is 32.3 Å². The second kappa shape index (κ2) is 10.4. The topological polar surface area (TPSA) is 59.1 Å². The van der Waals surface area contributed by atoms with Crippen LogP contribution in [0.3, 0.4) is 0 Å². The Kier molecular flexibility index (Phi) is 7.56. The number of ether oxygens (including phenoxy) is 2. The number of morpholine rings is 1. The highest BCUT2D eigenvalue weighted by atomic mass is 32.2. The Labute approximate surface area is 189 Å². The molecule has 3 saturated heterocycles. The van der Waals surface area contributed by atoms with Crippen molar-refractivity contribution < 1.29 is 19.1 Å². The molecule has 0 saturated carbocycles. The van der Waals surface area contributed by atoms with Gasteiger partial charge in [0.15, 0.2) is 0 Å². The van der Waals surface area contributed by atoms with E-state index in [1.807, 2.05) is 47.9 Å². The minimum atomic E-state index is 0.00526. The van der Waals surface area contributed by atoms with Crippen molar-refractivity contribution in [3.8, 4) is 0 Å². The lowest BCUT2D eigenvalue weighted by Crippen LogP contribution is -2.51. The molecule has 0 N–H and O–H groups in total. The van der Waals surface area contributed by atoms with E-state index in [0.717, 1.165) is 48.5 Å². The quantitative estimate of drug-likeness (QED) is 0.649. The molecule has 7 heteroatoms. The van der Waals surface area contributed by atoms with Crippen molar-refractivity contribution in [2.45, 2.75) is 62.7 Å². The van der Waals surface area contributed by atoms with Crippen LogP contribution in [0.15, 0.2) is 29.2 Å². The number of benzene rings is 1. The Bertz CT molecular complexity index is 765. The number of thioether (sulfide) groups is 1. The first-order chi connectivity index (χ1) is 15.0. The summed E-state index contributed by atoms with van der Waals surface area (Å²) in [5, 5.41) is 0. The summed E-state index contributed by atoms with van der Waals surface area (Å²) in [6, 6.07) is 7.88. The molecule has 3 aliphatic heterocycles.